The van der Waals surface area contributed by atoms with Crippen molar-refractivity contribution in [2.24, 2.45) is 5.92 Å². The number of thiophene rings is 1. The van der Waals surface area contributed by atoms with Crippen LogP contribution in [0.5, 0.6) is 0 Å². The highest BCUT2D eigenvalue weighted by atomic mass is 32.1. The third-order valence-corrected chi connectivity index (χ3v) is 6.41. The molecular formula is C22H31N3O5S. The lowest BCUT2D eigenvalue weighted by molar-refractivity contribution is -0.149. The molecule has 1 aromatic heterocycles. The highest BCUT2D eigenvalue weighted by Gasteiger charge is 2.39. The van der Waals surface area contributed by atoms with Crippen molar-refractivity contribution in [1.82, 2.24) is 15.1 Å². The van der Waals surface area contributed by atoms with Crippen molar-refractivity contribution in [3.63, 3.8) is 0 Å². The van der Waals surface area contributed by atoms with Gasteiger partial charge in [-0.1, -0.05) is 0 Å². The van der Waals surface area contributed by atoms with Crippen molar-refractivity contribution < 1.29 is 23.9 Å². The minimum Gasteiger partial charge on any atom is -0.466 e. The zero-order valence-electron chi connectivity index (χ0n) is 18.4. The molecule has 1 fully saturated rings. The molecular weight excluding hydrogens is 418 g/mol. The molecule has 1 atom stereocenters. The van der Waals surface area contributed by atoms with Crippen molar-refractivity contribution in [3.8, 4) is 0 Å². The number of nitrogens with zero attached hydrogens (tertiary/aromatic N) is 2. The summed E-state index contributed by atoms with van der Waals surface area (Å²) in [5.74, 6) is -0.642. The van der Waals surface area contributed by atoms with Crippen LogP contribution in [0, 0.1) is 5.92 Å². The van der Waals surface area contributed by atoms with Gasteiger partial charge in [0.05, 0.1) is 30.7 Å². The predicted octanol–water partition coefficient (Wildman–Crippen LogP) is 2.93. The van der Waals surface area contributed by atoms with E-state index in [0.717, 1.165) is 5.56 Å². The lowest BCUT2D eigenvalue weighted by atomic mass is 9.94. The average molecular weight is 450 g/mol. The number of amides is 2. The van der Waals surface area contributed by atoms with Gasteiger partial charge in [-0.3, -0.25) is 14.6 Å². The van der Waals surface area contributed by atoms with Crippen molar-refractivity contribution in [3.05, 3.63) is 33.7 Å². The molecule has 3 rings (SSSR count). The first-order valence-corrected chi connectivity index (χ1v) is 11.8. The van der Waals surface area contributed by atoms with E-state index >= 15 is 0 Å². The molecule has 0 unspecified atom stereocenters. The summed E-state index contributed by atoms with van der Waals surface area (Å²) in [5, 5.41) is 6.83. The molecule has 0 aromatic carbocycles. The van der Waals surface area contributed by atoms with Gasteiger partial charge in [-0.2, -0.15) is 11.3 Å². The molecule has 1 N–H and O–H groups in total. The largest absolute Gasteiger partial charge is 0.466 e. The molecule has 170 valence electrons. The van der Waals surface area contributed by atoms with Crippen LogP contribution in [0.2, 0.25) is 0 Å². The second-order valence-electron chi connectivity index (χ2n) is 7.57. The summed E-state index contributed by atoms with van der Waals surface area (Å²) in [6.07, 6.45) is 1.40. The van der Waals surface area contributed by atoms with Gasteiger partial charge in [0, 0.05) is 18.8 Å². The molecule has 1 aromatic rings. The third kappa shape index (κ3) is 5.27. The van der Waals surface area contributed by atoms with E-state index in [1.165, 1.54) is 11.3 Å². The number of hydrogen-bond donors (Lipinski definition) is 1. The number of likely N-dealkylation sites (tertiary alicyclic amines) is 1. The summed E-state index contributed by atoms with van der Waals surface area (Å²) < 4.78 is 10.5. The maximum absolute atomic E-state index is 13.0. The van der Waals surface area contributed by atoms with E-state index in [0.29, 0.717) is 56.9 Å². The topological polar surface area (TPSA) is 88.2 Å². The highest BCUT2D eigenvalue weighted by Crippen LogP contribution is 2.33. The van der Waals surface area contributed by atoms with Crippen molar-refractivity contribution in [2.75, 3.05) is 39.4 Å². The van der Waals surface area contributed by atoms with Crippen molar-refractivity contribution in [2.45, 2.75) is 39.7 Å². The monoisotopic (exact) mass is 449 g/mol. The minimum absolute atomic E-state index is 0.0924. The fourth-order valence-electron chi connectivity index (χ4n) is 4.15. The van der Waals surface area contributed by atoms with Crippen LogP contribution >= 0.6 is 11.3 Å². The van der Waals surface area contributed by atoms with Crippen LogP contribution in [0.3, 0.4) is 0 Å². The Balaban J connectivity index is 1.88. The van der Waals surface area contributed by atoms with E-state index in [1.807, 2.05) is 30.7 Å². The lowest BCUT2D eigenvalue weighted by Crippen LogP contribution is -2.51. The van der Waals surface area contributed by atoms with E-state index in [-0.39, 0.29) is 24.5 Å². The summed E-state index contributed by atoms with van der Waals surface area (Å²) in [4.78, 5) is 41.7. The fraction of sp³-hybridized carbons (Fsp3) is 0.591. The van der Waals surface area contributed by atoms with Gasteiger partial charge in [0.1, 0.15) is 0 Å². The molecule has 31 heavy (non-hydrogen) atoms. The molecule has 8 nitrogen and oxygen atoms in total. The third-order valence-electron chi connectivity index (χ3n) is 5.71. The second-order valence-corrected chi connectivity index (χ2v) is 8.35. The van der Waals surface area contributed by atoms with Crippen LogP contribution in [0.15, 0.2) is 28.1 Å². The van der Waals surface area contributed by atoms with Gasteiger partial charge < -0.3 is 14.8 Å². The molecule has 0 aliphatic carbocycles. The van der Waals surface area contributed by atoms with E-state index in [1.54, 1.807) is 11.8 Å². The van der Waals surface area contributed by atoms with Crippen molar-refractivity contribution in [1.29, 1.82) is 0 Å². The van der Waals surface area contributed by atoms with Gasteiger partial charge in [0.2, 0.25) is 0 Å². The Bertz CT molecular complexity index is 815. The SMILES string of the molecule is CCOC(=O)C1=C(CN2CCC(C(=O)OCC)CC2)N(CC)C(=O)N[C@@H]1c1ccsc1. The van der Waals surface area contributed by atoms with E-state index < -0.39 is 12.0 Å². The second kappa shape index (κ2) is 10.8. The Morgan fingerprint density at radius 3 is 2.45 bits per heavy atom. The van der Waals surface area contributed by atoms with Crippen LogP contribution in [0.1, 0.15) is 45.2 Å². The molecule has 0 radical (unpaired) electrons. The van der Waals surface area contributed by atoms with Gasteiger partial charge in [0.15, 0.2) is 0 Å². The first-order valence-electron chi connectivity index (χ1n) is 10.9. The Labute approximate surface area is 187 Å². The van der Waals surface area contributed by atoms with E-state index in [2.05, 4.69) is 10.2 Å². The number of carbonyl (C=O) groups excluding carboxylic acids is 3. The van der Waals surface area contributed by atoms with Crippen LogP contribution in [0.4, 0.5) is 4.79 Å². The number of esters is 2. The summed E-state index contributed by atoms with van der Waals surface area (Å²) in [6, 6.07) is 1.16. The summed E-state index contributed by atoms with van der Waals surface area (Å²) in [7, 11) is 0. The molecule has 2 amide bonds. The summed E-state index contributed by atoms with van der Waals surface area (Å²) in [5.41, 5.74) is 2.03. The molecule has 2 aliphatic heterocycles. The van der Waals surface area contributed by atoms with Crippen LogP contribution in [-0.4, -0.2) is 67.2 Å². The molecule has 0 spiro atoms. The Morgan fingerprint density at radius 1 is 1.16 bits per heavy atom. The predicted molar refractivity (Wildman–Crippen MR) is 117 cm³/mol. The number of urea groups is 1. The number of hydrogen-bond acceptors (Lipinski definition) is 7. The van der Waals surface area contributed by atoms with Crippen LogP contribution < -0.4 is 5.32 Å². The summed E-state index contributed by atoms with van der Waals surface area (Å²) >= 11 is 1.52. The normalized spacial score (nSPS) is 20.5. The smallest absolute Gasteiger partial charge is 0.338 e. The van der Waals surface area contributed by atoms with Crippen molar-refractivity contribution >= 4 is 29.3 Å². The maximum atomic E-state index is 13.0. The summed E-state index contributed by atoms with van der Waals surface area (Å²) in [6.45, 7) is 8.42. The lowest BCUT2D eigenvalue weighted by Gasteiger charge is -2.39. The zero-order chi connectivity index (χ0) is 22.4. The highest BCUT2D eigenvalue weighted by molar-refractivity contribution is 7.08. The van der Waals surface area contributed by atoms with Gasteiger partial charge >= 0.3 is 18.0 Å². The van der Waals surface area contributed by atoms with E-state index in [4.69, 9.17) is 9.47 Å². The minimum atomic E-state index is -0.535. The molecule has 0 bridgehead atoms. The van der Waals surface area contributed by atoms with Gasteiger partial charge in [-0.25, -0.2) is 9.59 Å². The number of rotatable bonds is 8. The molecule has 1 saturated heterocycles. The zero-order valence-corrected chi connectivity index (χ0v) is 19.2. The van der Waals surface area contributed by atoms with Crippen LogP contribution in [-0.2, 0) is 19.1 Å². The van der Waals surface area contributed by atoms with Gasteiger partial charge in [-0.05, 0) is 69.1 Å². The quantitative estimate of drug-likeness (QED) is 0.614. The van der Waals surface area contributed by atoms with E-state index in [9.17, 15) is 14.4 Å². The molecule has 9 heteroatoms. The number of piperidine rings is 1. The number of carbonyl (C=O) groups is 3. The Morgan fingerprint density at radius 2 is 1.87 bits per heavy atom. The number of ether oxygens (including phenoxy) is 2. The maximum Gasteiger partial charge on any atom is 0.338 e. The van der Waals surface area contributed by atoms with Crippen LogP contribution in [0.25, 0.3) is 0 Å². The molecule has 2 aliphatic rings. The Hall–Kier alpha value is -2.39. The fourth-order valence-corrected chi connectivity index (χ4v) is 4.83. The first-order chi connectivity index (χ1) is 15.0. The Kier molecular flexibility index (Phi) is 8.09. The van der Waals surface area contributed by atoms with Gasteiger partial charge in [-0.15, -0.1) is 0 Å². The molecule has 3 heterocycles. The molecule has 0 saturated carbocycles. The standard InChI is InChI=1S/C22H31N3O5S/c1-4-25-17(13-24-10-7-15(8-11-24)20(26)29-5-2)18(21(27)30-6-3)19(23-22(25)28)16-9-12-31-14-16/h9,12,14-15,19H,4-8,10-11,13H2,1-3H3,(H,23,28)/t19-/m1/s1. The number of nitrogens with one attached hydrogen (secondary N) is 1. The van der Waals surface area contributed by atoms with Gasteiger partial charge in [0.25, 0.3) is 0 Å². The first kappa shape index (κ1) is 23.3. The number of likely N-dealkylation sites (N-methyl/N-ethyl adjacent to an activating group) is 1. The average Bonchev–Trinajstić information content (AvgIpc) is 3.29.